The maximum absolute atomic E-state index is 3.79. The van der Waals surface area contributed by atoms with Gasteiger partial charge >= 0.3 is 0 Å². The van der Waals surface area contributed by atoms with Gasteiger partial charge in [0.2, 0.25) is 0 Å². The van der Waals surface area contributed by atoms with Gasteiger partial charge in [0, 0.05) is 25.7 Å². The molecule has 2 heterocycles. The van der Waals surface area contributed by atoms with Gasteiger partial charge in [-0.1, -0.05) is 13.3 Å². The molecule has 0 saturated carbocycles. The Morgan fingerprint density at radius 2 is 1.75 bits per heavy atom. The summed E-state index contributed by atoms with van der Waals surface area (Å²) in [6.45, 7) is 13.7. The molecule has 20 heavy (non-hydrogen) atoms. The maximum Gasteiger partial charge on any atom is 0.0107 e. The van der Waals surface area contributed by atoms with E-state index in [1.807, 2.05) is 0 Å². The molecule has 118 valence electrons. The predicted molar refractivity (Wildman–Crippen MR) is 87.2 cm³/mol. The monoisotopic (exact) mass is 281 g/mol. The van der Waals surface area contributed by atoms with E-state index < -0.39 is 0 Å². The Kier molecular flexibility index (Phi) is 7.32. The maximum atomic E-state index is 3.79. The molecule has 2 rings (SSSR count). The van der Waals surface area contributed by atoms with Crippen molar-refractivity contribution in [3.63, 3.8) is 0 Å². The molecule has 3 heteroatoms. The van der Waals surface area contributed by atoms with Crippen LogP contribution in [0, 0.1) is 5.92 Å². The van der Waals surface area contributed by atoms with Crippen LogP contribution in [-0.2, 0) is 0 Å². The molecular weight excluding hydrogens is 246 g/mol. The van der Waals surface area contributed by atoms with Gasteiger partial charge in [-0.25, -0.2) is 0 Å². The summed E-state index contributed by atoms with van der Waals surface area (Å²) in [5, 5.41) is 3.79. The molecule has 0 bridgehead atoms. The van der Waals surface area contributed by atoms with Gasteiger partial charge in [0.05, 0.1) is 0 Å². The fraction of sp³-hybridized carbons (Fsp3) is 1.00. The first kappa shape index (κ1) is 16.3. The van der Waals surface area contributed by atoms with E-state index in [-0.39, 0.29) is 0 Å². The van der Waals surface area contributed by atoms with Gasteiger partial charge in [-0.3, -0.25) is 0 Å². The fourth-order valence-electron chi connectivity index (χ4n) is 3.82. The summed E-state index contributed by atoms with van der Waals surface area (Å²) in [7, 11) is 0. The fourth-order valence-corrected chi connectivity index (χ4v) is 3.82. The number of nitrogens with zero attached hydrogens (tertiary/aromatic N) is 2. The van der Waals surface area contributed by atoms with Gasteiger partial charge in [-0.05, 0) is 71.1 Å². The highest BCUT2D eigenvalue weighted by Crippen LogP contribution is 2.19. The molecule has 1 N–H and O–H groups in total. The van der Waals surface area contributed by atoms with Crippen LogP contribution in [0.5, 0.6) is 0 Å². The number of piperidine rings is 2. The molecule has 0 aromatic heterocycles. The Labute approximate surface area is 126 Å². The minimum atomic E-state index is 0.680. The summed E-state index contributed by atoms with van der Waals surface area (Å²) in [4.78, 5) is 5.30. The van der Waals surface area contributed by atoms with Crippen molar-refractivity contribution in [3.8, 4) is 0 Å². The molecule has 0 aromatic rings. The number of rotatable bonds is 7. The molecule has 2 atom stereocenters. The highest BCUT2D eigenvalue weighted by molar-refractivity contribution is 4.80. The van der Waals surface area contributed by atoms with Gasteiger partial charge in [0.25, 0.3) is 0 Å². The number of hydrogen-bond acceptors (Lipinski definition) is 3. The van der Waals surface area contributed by atoms with E-state index in [1.54, 1.807) is 0 Å². The van der Waals surface area contributed by atoms with Crippen molar-refractivity contribution in [1.82, 2.24) is 15.1 Å². The van der Waals surface area contributed by atoms with E-state index in [0.717, 1.165) is 5.92 Å². The van der Waals surface area contributed by atoms with Gasteiger partial charge in [-0.2, -0.15) is 0 Å². The van der Waals surface area contributed by atoms with Crippen LogP contribution in [0.15, 0.2) is 0 Å². The molecule has 2 unspecified atom stereocenters. The zero-order chi connectivity index (χ0) is 14.2. The van der Waals surface area contributed by atoms with Crippen molar-refractivity contribution in [2.75, 3.05) is 45.8 Å². The lowest BCUT2D eigenvalue weighted by molar-refractivity contribution is 0.148. The highest BCUT2D eigenvalue weighted by Gasteiger charge is 2.23. The normalized spacial score (nSPS) is 27.6. The third-order valence-electron chi connectivity index (χ3n) is 5.13. The summed E-state index contributed by atoms with van der Waals surface area (Å²) in [6, 6.07) is 0.680. The molecule has 0 aromatic carbocycles. The van der Waals surface area contributed by atoms with Crippen molar-refractivity contribution >= 4 is 0 Å². The minimum absolute atomic E-state index is 0.680. The summed E-state index contributed by atoms with van der Waals surface area (Å²) in [5.74, 6) is 0.858. The summed E-state index contributed by atoms with van der Waals surface area (Å²) >= 11 is 0. The number of likely N-dealkylation sites (tertiary alicyclic amines) is 2. The van der Waals surface area contributed by atoms with E-state index in [2.05, 4.69) is 29.0 Å². The Hall–Kier alpha value is -0.120. The van der Waals surface area contributed by atoms with E-state index in [9.17, 15) is 0 Å². The van der Waals surface area contributed by atoms with Crippen LogP contribution in [0.1, 0.15) is 52.4 Å². The van der Waals surface area contributed by atoms with Crippen molar-refractivity contribution < 1.29 is 0 Å². The molecule has 0 radical (unpaired) electrons. The Morgan fingerprint density at radius 1 is 1.00 bits per heavy atom. The molecule has 2 aliphatic heterocycles. The molecule has 2 fully saturated rings. The quantitative estimate of drug-likeness (QED) is 0.774. The number of nitrogens with one attached hydrogen (secondary N) is 1. The largest absolute Gasteiger partial charge is 0.313 e. The first-order valence-corrected chi connectivity index (χ1v) is 8.97. The van der Waals surface area contributed by atoms with Gasteiger partial charge in [0.1, 0.15) is 0 Å². The molecule has 0 spiro atoms. The van der Waals surface area contributed by atoms with Crippen molar-refractivity contribution in [1.29, 1.82) is 0 Å². The van der Waals surface area contributed by atoms with E-state index in [1.165, 1.54) is 84.3 Å². The van der Waals surface area contributed by atoms with Crippen LogP contribution in [-0.4, -0.2) is 61.7 Å². The van der Waals surface area contributed by atoms with Crippen LogP contribution in [0.3, 0.4) is 0 Å². The first-order valence-electron chi connectivity index (χ1n) is 8.97. The average Bonchev–Trinajstić information content (AvgIpc) is 2.49. The molecule has 0 amide bonds. The molecule has 2 saturated heterocycles. The lowest BCUT2D eigenvalue weighted by atomic mass is 9.91. The van der Waals surface area contributed by atoms with Crippen LogP contribution < -0.4 is 5.32 Å². The second kappa shape index (κ2) is 9.01. The number of hydrogen-bond donors (Lipinski definition) is 1. The predicted octanol–water partition coefficient (Wildman–Crippen LogP) is 2.57. The van der Waals surface area contributed by atoms with E-state index in [4.69, 9.17) is 0 Å². The molecular formula is C17H35N3. The van der Waals surface area contributed by atoms with Crippen molar-refractivity contribution in [2.24, 2.45) is 5.92 Å². The van der Waals surface area contributed by atoms with Gasteiger partial charge in [0.15, 0.2) is 0 Å². The molecule has 3 nitrogen and oxygen atoms in total. The van der Waals surface area contributed by atoms with Crippen LogP contribution in [0.25, 0.3) is 0 Å². The topological polar surface area (TPSA) is 18.5 Å². The SMILES string of the molecule is CCCN1CCCC(C(C)NCCN2CCCCC2)C1. The Balaban J connectivity index is 1.62. The van der Waals surface area contributed by atoms with Crippen LogP contribution >= 0.6 is 0 Å². The molecule has 0 aliphatic carbocycles. The summed E-state index contributed by atoms with van der Waals surface area (Å²) < 4.78 is 0. The summed E-state index contributed by atoms with van der Waals surface area (Å²) in [5.41, 5.74) is 0. The lowest BCUT2D eigenvalue weighted by Gasteiger charge is -2.36. The van der Waals surface area contributed by atoms with Gasteiger partial charge < -0.3 is 15.1 Å². The van der Waals surface area contributed by atoms with Crippen LogP contribution in [0.4, 0.5) is 0 Å². The molecule has 2 aliphatic rings. The average molecular weight is 281 g/mol. The lowest BCUT2D eigenvalue weighted by Crippen LogP contribution is -2.46. The smallest absolute Gasteiger partial charge is 0.0107 e. The second-order valence-corrected chi connectivity index (χ2v) is 6.85. The van der Waals surface area contributed by atoms with Crippen molar-refractivity contribution in [3.05, 3.63) is 0 Å². The highest BCUT2D eigenvalue weighted by atomic mass is 15.2. The van der Waals surface area contributed by atoms with E-state index in [0.29, 0.717) is 6.04 Å². The van der Waals surface area contributed by atoms with Gasteiger partial charge in [-0.15, -0.1) is 0 Å². The van der Waals surface area contributed by atoms with E-state index >= 15 is 0 Å². The van der Waals surface area contributed by atoms with Crippen LogP contribution in [0.2, 0.25) is 0 Å². The minimum Gasteiger partial charge on any atom is -0.313 e. The zero-order valence-corrected chi connectivity index (χ0v) is 13.7. The third-order valence-corrected chi connectivity index (χ3v) is 5.13. The first-order chi connectivity index (χ1) is 9.79. The summed E-state index contributed by atoms with van der Waals surface area (Å²) in [6.07, 6.45) is 8.36. The standard InChI is InChI=1S/C17H35N3/c1-3-10-20-13-7-8-17(15-20)16(2)18-9-14-19-11-5-4-6-12-19/h16-18H,3-15H2,1-2H3. The Bertz CT molecular complexity index is 249. The zero-order valence-electron chi connectivity index (χ0n) is 13.7. The van der Waals surface area contributed by atoms with Crippen molar-refractivity contribution in [2.45, 2.75) is 58.4 Å². The third kappa shape index (κ3) is 5.34. The Morgan fingerprint density at radius 3 is 2.50 bits per heavy atom. The second-order valence-electron chi connectivity index (χ2n) is 6.85.